The van der Waals surface area contributed by atoms with Crippen LogP contribution < -0.4 is 5.73 Å². The van der Waals surface area contributed by atoms with Gasteiger partial charge >= 0.3 is 0 Å². The minimum absolute atomic E-state index is 0.464. The van der Waals surface area contributed by atoms with Crippen LogP contribution in [0.3, 0.4) is 0 Å². The Morgan fingerprint density at radius 2 is 1.81 bits per heavy atom. The summed E-state index contributed by atoms with van der Waals surface area (Å²) in [4.78, 5) is 0. The lowest BCUT2D eigenvalue weighted by Gasteiger charge is -2.05. The number of benzene rings is 1. The predicted octanol–water partition coefficient (Wildman–Crippen LogP) is 2.60. The van der Waals surface area contributed by atoms with Gasteiger partial charge in [-0.05, 0) is 30.5 Å². The lowest BCUT2D eigenvalue weighted by atomic mass is 10.0. The molecule has 0 aliphatic heterocycles. The van der Waals surface area contributed by atoms with Crippen LogP contribution in [0.1, 0.15) is 18.1 Å². The first-order chi connectivity index (χ1) is 7.70. The van der Waals surface area contributed by atoms with Crippen molar-refractivity contribution in [1.29, 1.82) is 0 Å². The van der Waals surface area contributed by atoms with Gasteiger partial charge in [0.05, 0.1) is 5.69 Å². The molecule has 0 amide bonds. The van der Waals surface area contributed by atoms with E-state index in [1.165, 1.54) is 5.56 Å². The van der Waals surface area contributed by atoms with Crippen LogP contribution in [-0.4, -0.2) is 10.2 Å². The summed E-state index contributed by atoms with van der Waals surface area (Å²) in [7, 11) is 0. The number of nitrogen functional groups attached to an aromatic ring is 1. The van der Waals surface area contributed by atoms with E-state index in [1.807, 2.05) is 13.0 Å². The Morgan fingerprint density at radius 1 is 1.12 bits per heavy atom. The van der Waals surface area contributed by atoms with Gasteiger partial charge in [0.2, 0.25) is 0 Å². The maximum Gasteiger partial charge on any atom is 0.146 e. The van der Waals surface area contributed by atoms with E-state index in [1.54, 1.807) is 0 Å². The zero-order chi connectivity index (χ0) is 11.5. The zero-order valence-electron chi connectivity index (χ0n) is 9.57. The standard InChI is InChI=1S/C13H15N3/c1-3-10-4-6-11(7-5-10)13-9(2)8-12(14)15-16-13/h4-8H,3H2,1-2H3,(H2,14,15). The van der Waals surface area contributed by atoms with Gasteiger partial charge in [-0.15, -0.1) is 10.2 Å². The number of rotatable bonds is 2. The quantitative estimate of drug-likeness (QED) is 0.834. The summed E-state index contributed by atoms with van der Waals surface area (Å²) < 4.78 is 0. The first-order valence-electron chi connectivity index (χ1n) is 5.40. The number of hydrogen-bond acceptors (Lipinski definition) is 3. The average molecular weight is 213 g/mol. The molecule has 0 atom stereocenters. The first-order valence-corrected chi connectivity index (χ1v) is 5.40. The van der Waals surface area contributed by atoms with Crippen LogP contribution in [-0.2, 0) is 6.42 Å². The lowest BCUT2D eigenvalue weighted by molar-refractivity contribution is 1.03. The second kappa shape index (κ2) is 4.31. The zero-order valence-corrected chi connectivity index (χ0v) is 9.57. The maximum absolute atomic E-state index is 5.58. The lowest BCUT2D eigenvalue weighted by Crippen LogP contribution is -1.97. The van der Waals surface area contributed by atoms with Gasteiger partial charge in [0.15, 0.2) is 0 Å². The van der Waals surface area contributed by atoms with Gasteiger partial charge in [-0.1, -0.05) is 31.2 Å². The minimum atomic E-state index is 0.464. The van der Waals surface area contributed by atoms with E-state index < -0.39 is 0 Å². The van der Waals surface area contributed by atoms with Gasteiger partial charge in [-0.25, -0.2) is 0 Å². The Bertz CT molecular complexity index is 489. The van der Waals surface area contributed by atoms with E-state index in [4.69, 9.17) is 5.73 Å². The highest BCUT2D eigenvalue weighted by Gasteiger charge is 2.04. The molecule has 1 aromatic carbocycles. The summed E-state index contributed by atoms with van der Waals surface area (Å²) >= 11 is 0. The fourth-order valence-electron chi connectivity index (χ4n) is 1.69. The molecule has 0 bridgehead atoms. The number of anilines is 1. The molecule has 82 valence electrons. The molecule has 3 heteroatoms. The Hall–Kier alpha value is -1.90. The van der Waals surface area contributed by atoms with Crippen molar-refractivity contribution in [2.45, 2.75) is 20.3 Å². The molecule has 0 fully saturated rings. The molecule has 2 aromatic rings. The summed E-state index contributed by atoms with van der Waals surface area (Å²) in [5.74, 6) is 0.464. The molecule has 0 aliphatic carbocycles. The van der Waals surface area contributed by atoms with Crippen molar-refractivity contribution < 1.29 is 0 Å². The average Bonchev–Trinajstić information content (AvgIpc) is 2.29. The summed E-state index contributed by atoms with van der Waals surface area (Å²) in [5.41, 5.74) is 9.94. The van der Waals surface area contributed by atoms with Gasteiger partial charge in [0, 0.05) is 5.56 Å². The third-order valence-electron chi connectivity index (χ3n) is 2.64. The number of aryl methyl sites for hydroxylation is 2. The molecule has 1 heterocycles. The van der Waals surface area contributed by atoms with Crippen LogP contribution in [0.2, 0.25) is 0 Å². The molecule has 0 unspecified atom stereocenters. The van der Waals surface area contributed by atoms with E-state index >= 15 is 0 Å². The molecule has 0 aliphatic rings. The van der Waals surface area contributed by atoms with Crippen LogP contribution in [0, 0.1) is 6.92 Å². The highest BCUT2D eigenvalue weighted by Crippen LogP contribution is 2.21. The van der Waals surface area contributed by atoms with Gasteiger partial charge in [-0.3, -0.25) is 0 Å². The summed E-state index contributed by atoms with van der Waals surface area (Å²) in [6.07, 6.45) is 1.05. The van der Waals surface area contributed by atoms with Crippen molar-refractivity contribution in [1.82, 2.24) is 10.2 Å². The highest BCUT2D eigenvalue weighted by molar-refractivity contribution is 5.63. The van der Waals surface area contributed by atoms with Gasteiger partial charge < -0.3 is 5.73 Å². The van der Waals surface area contributed by atoms with Gasteiger partial charge in [-0.2, -0.15) is 0 Å². The van der Waals surface area contributed by atoms with E-state index in [-0.39, 0.29) is 0 Å². The SMILES string of the molecule is CCc1ccc(-c2nnc(N)cc2C)cc1. The van der Waals surface area contributed by atoms with Crippen molar-refractivity contribution in [2.75, 3.05) is 5.73 Å². The molecule has 16 heavy (non-hydrogen) atoms. The van der Waals surface area contributed by atoms with E-state index in [2.05, 4.69) is 41.4 Å². The van der Waals surface area contributed by atoms with Crippen LogP contribution in [0.25, 0.3) is 11.3 Å². The molecule has 0 saturated heterocycles. The van der Waals surface area contributed by atoms with Crippen LogP contribution in [0.5, 0.6) is 0 Å². The normalized spacial score (nSPS) is 10.4. The molecule has 1 aromatic heterocycles. The van der Waals surface area contributed by atoms with Gasteiger partial charge in [0.1, 0.15) is 5.82 Å². The number of nitrogens with two attached hydrogens (primary N) is 1. The fourth-order valence-corrected chi connectivity index (χ4v) is 1.69. The Balaban J connectivity index is 2.42. The first kappa shape index (κ1) is 10.6. The smallest absolute Gasteiger partial charge is 0.146 e. The monoisotopic (exact) mass is 213 g/mol. The second-order valence-corrected chi connectivity index (χ2v) is 3.85. The van der Waals surface area contributed by atoms with Crippen molar-refractivity contribution in [3.63, 3.8) is 0 Å². The highest BCUT2D eigenvalue weighted by atomic mass is 15.1. The van der Waals surface area contributed by atoms with Crippen LogP contribution >= 0.6 is 0 Å². The summed E-state index contributed by atoms with van der Waals surface area (Å²) in [6, 6.07) is 10.2. The van der Waals surface area contributed by atoms with Crippen LogP contribution in [0.4, 0.5) is 5.82 Å². The number of aromatic nitrogens is 2. The Kier molecular flexibility index (Phi) is 2.86. The molecule has 2 N–H and O–H groups in total. The fraction of sp³-hybridized carbons (Fsp3) is 0.231. The molecule has 0 radical (unpaired) electrons. The number of hydrogen-bond donors (Lipinski definition) is 1. The van der Waals surface area contributed by atoms with Crippen molar-refractivity contribution in [3.05, 3.63) is 41.5 Å². The third-order valence-corrected chi connectivity index (χ3v) is 2.64. The third kappa shape index (κ3) is 2.03. The number of nitrogens with zero attached hydrogens (tertiary/aromatic N) is 2. The van der Waals surface area contributed by atoms with Crippen molar-refractivity contribution in [3.8, 4) is 11.3 Å². The largest absolute Gasteiger partial charge is 0.382 e. The minimum Gasteiger partial charge on any atom is -0.382 e. The van der Waals surface area contributed by atoms with E-state index in [9.17, 15) is 0 Å². The van der Waals surface area contributed by atoms with Crippen molar-refractivity contribution >= 4 is 5.82 Å². The van der Waals surface area contributed by atoms with E-state index in [0.29, 0.717) is 5.82 Å². The van der Waals surface area contributed by atoms with Gasteiger partial charge in [0.25, 0.3) is 0 Å². The maximum atomic E-state index is 5.58. The molecule has 0 saturated carbocycles. The molecular formula is C13H15N3. The summed E-state index contributed by atoms with van der Waals surface area (Å²) in [5, 5.41) is 8.02. The molecule has 3 nitrogen and oxygen atoms in total. The van der Waals surface area contributed by atoms with E-state index in [0.717, 1.165) is 23.2 Å². The predicted molar refractivity (Wildman–Crippen MR) is 66.0 cm³/mol. The molecule has 0 spiro atoms. The Labute approximate surface area is 95.3 Å². The molecular weight excluding hydrogens is 198 g/mol. The second-order valence-electron chi connectivity index (χ2n) is 3.85. The summed E-state index contributed by atoms with van der Waals surface area (Å²) in [6.45, 7) is 4.14. The Morgan fingerprint density at radius 3 is 2.38 bits per heavy atom. The topological polar surface area (TPSA) is 51.8 Å². The van der Waals surface area contributed by atoms with Crippen molar-refractivity contribution in [2.24, 2.45) is 0 Å². The van der Waals surface area contributed by atoms with Crippen LogP contribution in [0.15, 0.2) is 30.3 Å². The molecule has 2 rings (SSSR count).